The van der Waals surface area contributed by atoms with Crippen LogP contribution in [0.25, 0.3) is 0 Å². The molecule has 0 radical (unpaired) electrons. The predicted molar refractivity (Wildman–Crippen MR) is 67.2 cm³/mol. The quantitative estimate of drug-likeness (QED) is 0.728. The van der Waals surface area contributed by atoms with Gasteiger partial charge in [0.05, 0.1) is 0 Å². The van der Waals surface area contributed by atoms with Gasteiger partial charge in [-0.05, 0) is 52.1 Å². The molecule has 15 heavy (non-hydrogen) atoms. The highest BCUT2D eigenvalue weighted by Gasteiger charge is 2.25. The summed E-state index contributed by atoms with van der Waals surface area (Å²) in [4.78, 5) is 2.66. The van der Waals surface area contributed by atoms with Crippen LogP contribution < -0.4 is 5.32 Å². The third-order valence-electron chi connectivity index (χ3n) is 3.55. The molecule has 1 aliphatic rings. The average Bonchev–Trinajstić information content (AvgIpc) is 2.46. The molecule has 0 aliphatic carbocycles. The van der Waals surface area contributed by atoms with Gasteiger partial charge in [0, 0.05) is 18.6 Å². The summed E-state index contributed by atoms with van der Waals surface area (Å²) in [7, 11) is 0. The molecule has 0 aromatic rings. The molecule has 0 bridgehead atoms. The second kappa shape index (κ2) is 6.49. The number of likely N-dealkylation sites (tertiary alicyclic amines) is 1. The first kappa shape index (κ1) is 13.0. The summed E-state index contributed by atoms with van der Waals surface area (Å²) in [5.41, 5.74) is 0. The van der Waals surface area contributed by atoms with E-state index in [1.165, 1.54) is 32.4 Å². The monoisotopic (exact) mass is 212 g/mol. The molecule has 2 heteroatoms. The summed E-state index contributed by atoms with van der Waals surface area (Å²) in [5.74, 6) is 0.909. The van der Waals surface area contributed by atoms with E-state index in [0.717, 1.165) is 18.5 Å². The van der Waals surface area contributed by atoms with Crippen molar-refractivity contribution in [2.24, 2.45) is 5.92 Å². The Hall–Kier alpha value is -0.0800. The Labute approximate surface area is 95.4 Å². The van der Waals surface area contributed by atoms with Crippen molar-refractivity contribution in [2.75, 3.05) is 19.6 Å². The van der Waals surface area contributed by atoms with E-state index in [1.54, 1.807) is 0 Å². The first-order chi connectivity index (χ1) is 7.13. The van der Waals surface area contributed by atoms with Crippen LogP contribution in [0.4, 0.5) is 0 Å². The zero-order valence-corrected chi connectivity index (χ0v) is 10.9. The zero-order valence-electron chi connectivity index (χ0n) is 10.9. The molecule has 0 amide bonds. The predicted octanol–water partition coefficient (Wildman–Crippen LogP) is 2.49. The van der Waals surface area contributed by atoms with Crippen molar-refractivity contribution in [1.82, 2.24) is 10.2 Å². The SMILES string of the molecule is CCNC(C)CCCN1CC(C)CC1C. The van der Waals surface area contributed by atoms with Crippen molar-refractivity contribution >= 4 is 0 Å². The van der Waals surface area contributed by atoms with Crippen LogP contribution in [0.15, 0.2) is 0 Å². The van der Waals surface area contributed by atoms with Crippen LogP contribution in [0.1, 0.15) is 47.0 Å². The van der Waals surface area contributed by atoms with Gasteiger partial charge < -0.3 is 10.2 Å². The first-order valence-electron chi connectivity index (χ1n) is 6.61. The lowest BCUT2D eigenvalue weighted by molar-refractivity contribution is 0.255. The summed E-state index contributed by atoms with van der Waals surface area (Å²) in [6, 6.07) is 1.50. The van der Waals surface area contributed by atoms with Crippen LogP contribution in [-0.4, -0.2) is 36.6 Å². The smallest absolute Gasteiger partial charge is 0.00700 e. The van der Waals surface area contributed by atoms with E-state index in [4.69, 9.17) is 0 Å². The Morgan fingerprint density at radius 1 is 1.40 bits per heavy atom. The standard InChI is InChI=1S/C13H28N2/c1-5-14-12(3)7-6-8-15-10-11(2)9-13(15)4/h11-14H,5-10H2,1-4H3. The van der Waals surface area contributed by atoms with Crippen molar-refractivity contribution in [3.63, 3.8) is 0 Å². The molecule has 90 valence electrons. The van der Waals surface area contributed by atoms with Crippen LogP contribution in [0.3, 0.4) is 0 Å². The van der Waals surface area contributed by atoms with Gasteiger partial charge in [0.25, 0.3) is 0 Å². The summed E-state index contributed by atoms with van der Waals surface area (Å²) < 4.78 is 0. The molecule has 1 heterocycles. The number of rotatable bonds is 6. The lowest BCUT2D eigenvalue weighted by Gasteiger charge is -2.22. The summed E-state index contributed by atoms with van der Waals surface area (Å²) in [5, 5.41) is 3.47. The van der Waals surface area contributed by atoms with Gasteiger partial charge >= 0.3 is 0 Å². The van der Waals surface area contributed by atoms with Gasteiger partial charge in [0.2, 0.25) is 0 Å². The van der Waals surface area contributed by atoms with Gasteiger partial charge in [-0.3, -0.25) is 0 Å². The molecule has 1 rings (SSSR count). The Balaban J connectivity index is 2.09. The van der Waals surface area contributed by atoms with Gasteiger partial charge in [-0.25, -0.2) is 0 Å². The lowest BCUT2D eigenvalue weighted by atomic mass is 10.1. The molecule has 1 fully saturated rings. The van der Waals surface area contributed by atoms with Crippen LogP contribution in [-0.2, 0) is 0 Å². The number of hydrogen-bond acceptors (Lipinski definition) is 2. The van der Waals surface area contributed by atoms with E-state index in [9.17, 15) is 0 Å². The lowest BCUT2D eigenvalue weighted by Crippen LogP contribution is -2.30. The molecule has 3 atom stereocenters. The highest BCUT2D eigenvalue weighted by Crippen LogP contribution is 2.22. The average molecular weight is 212 g/mol. The molecule has 1 aliphatic heterocycles. The van der Waals surface area contributed by atoms with Crippen LogP contribution in [0.2, 0.25) is 0 Å². The molecule has 2 nitrogen and oxygen atoms in total. The Morgan fingerprint density at radius 2 is 2.13 bits per heavy atom. The van der Waals surface area contributed by atoms with Gasteiger partial charge in [0.1, 0.15) is 0 Å². The highest BCUT2D eigenvalue weighted by atomic mass is 15.2. The Morgan fingerprint density at radius 3 is 2.67 bits per heavy atom. The van der Waals surface area contributed by atoms with Crippen molar-refractivity contribution in [1.29, 1.82) is 0 Å². The Kier molecular flexibility index (Phi) is 5.62. The molecule has 0 saturated carbocycles. The second-order valence-corrected chi connectivity index (χ2v) is 5.29. The fourth-order valence-corrected chi connectivity index (χ4v) is 2.75. The van der Waals surface area contributed by atoms with Gasteiger partial charge in [0.15, 0.2) is 0 Å². The van der Waals surface area contributed by atoms with Crippen LogP contribution >= 0.6 is 0 Å². The summed E-state index contributed by atoms with van der Waals surface area (Å²) >= 11 is 0. The van der Waals surface area contributed by atoms with E-state index in [1.807, 2.05) is 0 Å². The molecule has 0 aromatic carbocycles. The minimum Gasteiger partial charge on any atom is -0.315 e. The van der Waals surface area contributed by atoms with E-state index in [-0.39, 0.29) is 0 Å². The number of hydrogen-bond donors (Lipinski definition) is 1. The number of nitrogens with zero attached hydrogens (tertiary/aromatic N) is 1. The second-order valence-electron chi connectivity index (χ2n) is 5.29. The topological polar surface area (TPSA) is 15.3 Å². The van der Waals surface area contributed by atoms with Crippen molar-refractivity contribution < 1.29 is 0 Å². The van der Waals surface area contributed by atoms with Crippen LogP contribution in [0.5, 0.6) is 0 Å². The minimum absolute atomic E-state index is 0.685. The van der Waals surface area contributed by atoms with E-state index >= 15 is 0 Å². The summed E-state index contributed by atoms with van der Waals surface area (Å²) in [6.45, 7) is 12.9. The number of nitrogens with one attached hydrogen (secondary N) is 1. The first-order valence-corrected chi connectivity index (χ1v) is 6.61. The van der Waals surface area contributed by atoms with E-state index in [2.05, 4.69) is 37.9 Å². The largest absolute Gasteiger partial charge is 0.315 e. The van der Waals surface area contributed by atoms with Crippen molar-refractivity contribution in [3.8, 4) is 0 Å². The van der Waals surface area contributed by atoms with Gasteiger partial charge in [-0.1, -0.05) is 13.8 Å². The van der Waals surface area contributed by atoms with Crippen molar-refractivity contribution in [2.45, 2.75) is 59.0 Å². The normalized spacial score (nSPS) is 29.6. The molecule has 0 spiro atoms. The zero-order chi connectivity index (χ0) is 11.3. The highest BCUT2D eigenvalue weighted by molar-refractivity contribution is 4.80. The van der Waals surface area contributed by atoms with Crippen LogP contribution in [0, 0.1) is 5.92 Å². The molecular weight excluding hydrogens is 184 g/mol. The summed E-state index contributed by atoms with van der Waals surface area (Å²) in [6.07, 6.45) is 4.04. The molecule has 1 saturated heterocycles. The fraction of sp³-hybridized carbons (Fsp3) is 1.00. The van der Waals surface area contributed by atoms with E-state index in [0.29, 0.717) is 6.04 Å². The van der Waals surface area contributed by atoms with E-state index < -0.39 is 0 Å². The minimum atomic E-state index is 0.685. The maximum absolute atomic E-state index is 3.47. The Bertz CT molecular complexity index is 170. The van der Waals surface area contributed by atoms with Gasteiger partial charge in [-0.2, -0.15) is 0 Å². The molecular formula is C13H28N2. The third-order valence-corrected chi connectivity index (χ3v) is 3.55. The fourth-order valence-electron chi connectivity index (χ4n) is 2.75. The molecule has 1 N–H and O–H groups in total. The molecule has 0 aromatic heterocycles. The third kappa shape index (κ3) is 4.52. The van der Waals surface area contributed by atoms with Gasteiger partial charge in [-0.15, -0.1) is 0 Å². The maximum Gasteiger partial charge on any atom is 0.00700 e. The van der Waals surface area contributed by atoms with Crippen molar-refractivity contribution in [3.05, 3.63) is 0 Å². The molecule has 3 unspecified atom stereocenters. The maximum atomic E-state index is 3.47.